The number of anilines is 1. The van der Waals surface area contributed by atoms with Crippen molar-refractivity contribution >= 4 is 17.2 Å². The lowest BCUT2D eigenvalue weighted by Gasteiger charge is -2.07. The molecule has 0 atom stereocenters. The first-order valence-corrected chi connectivity index (χ1v) is 5.03. The fourth-order valence-electron chi connectivity index (χ4n) is 1.30. The van der Waals surface area contributed by atoms with Crippen molar-refractivity contribution in [3.8, 4) is 16.2 Å². The molecular weight excluding hydrogens is 196 g/mol. The van der Waals surface area contributed by atoms with E-state index in [1.807, 2.05) is 23.6 Å². The van der Waals surface area contributed by atoms with Gasteiger partial charge in [0.2, 0.25) is 0 Å². The number of hydrogen-bond acceptors (Lipinski definition) is 4. The molecule has 2 rings (SSSR count). The maximum Gasteiger partial charge on any atom is 0.169 e. The fourth-order valence-corrected chi connectivity index (χ4v) is 2.05. The molecule has 3 nitrogen and oxygen atoms in total. The highest BCUT2D eigenvalue weighted by atomic mass is 32.1. The van der Waals surface area contributed by atoms with Gasteiger partial charge >= 0.3 is 0 Å². The molecule has 14 heavy (non-hydrogen) atoms. The van der Waals surface area contributed by atoms with Gasteiger partial charge in [-0.25, -0.2) is 4.98 Å². The van der Waals surface area contributed by atoms with Crippen LogP contribution >= 0.6 is 11.3 Å². The minimum atomic E-state index is 0.429. The molecule has 0 amide bonds. The average Bonchev–Trinajstić information content (AvgIpc) is 2.70. The third-order valence-electron chi connectivity index (χ3n) is 1.92. The van der Waals surface area contributed by atoms with Crippen LogP contribution < -0.4 is 10.5 Å². The summed E-state index contributed by atoms with van der Waals surface area (Å²) in [6.07, 6.45) is 1.69. The quantitative estimate of drug-likeness (QED) is 0.820. The topological polar surface area (TPSA) is 48.1 Å². The standard InChI is InChI=1S/C10H10N2OS/c1-13-9-7(4-5-12-10(9)11)8-3-2-6-14-8/h2-6H,1H3,(H2,11,12). The van der Waals surface area contributed by atoms with E-state index in [-0.39, 0.29) is 0 Å². The van der Waals surface area contributed by atoms with Crippen molar-refractivity contribution in [2.45, 2.75) is 0 Å². The summed E-state index contributed by atoms with van der Waals surface area (Å²) in [6, 6.07) is 5.93. The second kappa shape index (κ2) is 3.67. The number of hydrogen-bond donors (Lipinski definition) is 1. The predicted molar refractivity (Wildman–Crippen MR) is 58.5 cm³/mol. The van der Waals surface area contributed by atoms with Gasteiger partial charge in [-0.05, 0) is 17.5 Å². The number of thiophene rings is 1. The molecule has 2 aromatic rings. The highest BCUT2D eigenvalue weighted by Gasteiger charge is 2.09. The van der Waals surface area contributed by atoms with Gasteiger partial charge in [-0.1, -0.05) is 6.07 Å². The fraction of sp³-hybridized carbons (Fsp3) is 0.100. The molecule has 0 aliphatic heterocycles. The van der Waals surface area contributed by atoms with Gasteiger partial charge in [0.15, 0.2) is 11.6 Å². The van der Waals surface area contributed by atoms with E-state index in [1.165, 1.54) is 0 Å². The van der Waals surface area contributed by atoms with Crippen molar-refractivity contribution < 1.29 is 4.74 Å². The van der Waals surface area contributed by atoms with E-state index < -0.39 is 0 Å². The molecule has 0 aromatic carbocycles. The molecular formula is C10H10N2OS. The van der Waals surface area contributed by atoms with Crippen LogP contribution in [0.2, 0.25) is 0 Å². The number of nitrogens with two attached hydrogens (primary N) is 1. The van der Waals surface area contributed by atoms with Crippen LogP contribution in [0.5, 0.6) is 5.75 Å². The van der Waals surface area contributed by atoms with E-state index in [4.69, 9.17) is 10.5 Å². The Morgan fingerprint density at radius 1 is 1.43 bits per heavy atom. The Bertz CT molecular complexity index is 426. The lowest BCUT2D eigenvalue weighted by molar-refractivity contribution is 0.417. The van der Waals surface area contributed by atoms with E-state index in [0.29, 0.717) is 11.6 Å². The maximum absolute atomic E-state index is 5.71. The summed E-state index contributed by atoms with van der Waals surface area (Å²) in [5, 5.41) is 2.02. The van der Waals surface area contributed by atoms with Crippen LogP contribution in [-0.2, 0) is 0 Å². The molecule has 2 heterocycles. The Morgan fingerprint density at radius 3 is 2.93 bits per heavy atom. The summed E-state index contributed by atoms with van der Waals surface area (Å²) < 4.78 is 5.22. The molecule has 0 spiro atoms. The van der Waals surface area contributed by atoms with Gasteiger partial charge in [0.25, 0.3) is 0 Å². The zero-order valence-corrected chi connectivity index (χ0v) is 8.54. The number of pyridine rings is 1. The van der Waals surface area contributed by atoms with Gasteiger partial charge in [-0.2, -0.15) is 0 Å². The molecule has 0 aliphatic rings. The van der Waals surface area contributed by atoms with E-state index >= 15 is 0 Å². The Hall–Kier alpha value is -1.55. The number of methoxy groups -OCH3 is 1. The first-order valence-electron chi connectivity index (χ1n) is 4.15. The van der Waals surface area contributed by atoms with E-state index in [2.05, 4.69) is 4.98 Å². The Morgan fingerprint density at radius 2 is 2.29 bits per heavy atom. The normalized spacial score (nSPS) is 10.1. The molecule has 0 bridgehead atoms. The van der Waals surface area contributed by atoms with Crippen LogP contribution in [0.4, 0.5) is 5.82 Å². The summed E-state index contributed by atoms with van der Waals surface area (Å²) in [5.41, 5.74) is 6.70. The number of ether oxygens (including phenoxy) is 1. The lowest BCUT2D eigenvalue weighted by Crippen LogP contribution is -1.96. The molecule has 0 saturated carbocycles. The SMILES string of the molecule is COc1c(-c2cccs2)ccnc1N. The van der Waals surface area contributed by atoms with Crippen molar-refractivity contribution in [2.75, 3.05) is 12.8 Å². The van der Waals surface area contributed by atoms with E-state index in [1.54, 1.807) is 24.6 Å². The minimum absolute atomic E-state index is 0.429. The lowest BCUT2D eigenvalue weighted by atomic mass is 10.2. The van der Waals surface area contributed by atoms with E-state index in [9.17, 15) is 0 Å². The summed E-state index contributed by atoms with van der Waals surface area (Å²) in [5.74, 6) is 1.08. The summed E-state index contributed by atoms with van der Waals surface area (Å²) in [6.45, 7) is 0. The molecule has 4 heteroatoms. The third-order valence-corrected chi connectivity index (χ3v) is 2.83. The smallest absolute Gasteiger partial charge is 0.169 e. The molecule has 0 fully saturated rings. The van der Waals surface area contributed by atoms with Gasteiger partial charge in [0.1, 0.15) is 0 Å². The first-order chi connectivity index (χ1) is 6.83. The van der Waals surface area contributed by atoms with Crippen molar-refractivity contribution in [3.63, 3.8) is 0 Å². The van der Waals surface area contributed by atoms with Crippen LogP contribution in [0.15, 0.2) is 29.8 Å². The van der Waals surface area contributed by atoms with Gasteiger partial charge < -0.3 is 10.5 Å². The Balaban J connectivity index is 2.58. The monoisotopic (exact) mass is 206 g/mol. The third kappa shape index (κ3) is 1.44. The second-order valence-corrected chi connectivity index (χ2v) is 3.70. The second-order valence-electron chi connectivity index (χ2n) is 2.75. The van der Waals surface area contributed by atoms with Gasteiger partial charge in [-0.3, -0.25) is 0 Å². The molecule has 0 aliphatic carbocycles. The van der Waals surface area contributed by atoms with Gasteiger partial charge in [0.05, 0.1) is 7.11 Å². The Kier molecular flexibility index (Phi) is 2.37. The van der Waals surface area contributed by atoms with Gasteiger partial charge in [-0.15, -0.1) is 11.3 Å². The van der Waals surface area contributed by atoms with Crippen LogP contribution in [0.25, 0.3) is 10.4 Å². The Labute approximate surface area is 86.2 Å². The zero-order chi connectivity index (χ0) is 9.97. The van der Waals surface area contributed by atoms with Crippen LogP contribution in [0.1, 0.15) is 0 Å². The van der Waals surface area contributed by atoms with Crippen LogP contribution in [0.3, 0.4) is 0 Å². The number of nitrogens with zero attached hydrogens (tertiary/aromatic N) is 1. The van der Waals surface area contributed by atoms with Gasteiger partial charge in [0, 0.05) is 16.6 Å². The average molecular weight is 206 g/mol. The minimum Gasteiger partial charge on any atom is -0.492 e. The summed E-state index contributed by atoms with van der Waals surface area (Å²) >= 11 is 1.65. The molecule has 2 N–H and O–H groups in total. The largest absolute Gasteiger partial charge is 0.492 e. The predicted octanol–water partition coefficient (Wildman–Crippen LogP) is 2.40. The molecule has 72 valence electrons. The highest BCUT2D eigenvalue weighted by molar-refractivity contribution is 7.13. The number of rotatable bonds is 2. The van der Waals surface area contributed by atoms with Crippen LogP contribution in [0, 0.1) is 0 Å². The molecule has 0 unspecified atom stereocenters. The van der Waals surface area contributed by atoms with Crippen LogP contribution in [-0.4, -0.2) is 12.1 Å². The van der Waals surface area contributed by atoms with Crippen molar-refractivity contribution in [3.05, 3.63) is 29.8 Å². The van der Waals surface area contributed by atoms with Crippen molar-refractivity contribution in [2.24, 2.45) is 0 Å². The van der Waals surface area contributed by atoms with Crippen molar-refractivity contribution in [1.29, 1.82) is 0 Å². The number of nitrogen functional groups attached to an aromatic ring is 1. The summed E-state index contributed by atoms with van der Waals surface area (Å²) in [7, 11) is 1.60. The molecule has 0 radical (unpaired) electrons. The highest BCUT2D eigenvalue weighted by Crippen LogP contribution is 2.35. The molecule has 2 aromatic heterocycles. The zero-order valence-electron chi connectivity index (χ0n) is 7.73. The van der Waals surface area contributed by atoms with E-state index in [0.717, 1.165) is 10.4 Å². The first kappa shape index (κ1) is 9.02. The maximum atomic E-state index is 5.71. The van der Waals surface area contributed by atoms with Crippen molar-refractivity contribution in [1.82, 2.24) is 4.98 Å². The molecule has 0 saturated heterocycles. The number of aromatic nitrogens is 1. The summed E-state index contributed by atoms with van der Waals surface area (Å²) in [4.78, 5) is 5.11.